The van der Waals surface area contributed by atoms with Gasteiger partial charge in [0.05, 0.1) is 5.60 Å². The first-order valence-corrected chi connectivity index (χ1v) is 8.51. The van der Waals surface area contributed by atoms with Gasteiger partial charge in [0.2, 0.25) is 0 Å². The number of β-amino-alcohol motifs (C(OH)–C–C–N with tert-alkyl or cyclic N) is 1. The van der Waals surface area contributed by atoms with E-state index < -0.39 is 5.60 Å². The molecular formula is C19H31NO. The second kappa shape index (κ2) is 7.42. The highest BCUT2D eigenvalue weighted by atomic mass is 16.3. The van der Waals surface area contributed by atoms with Crippen molar-refractivity contribution in [2.24, 2.45) is 0 Å². The van der Waals surface area contributed by atoms with E-state index in [1.807, 2.05) is 0 Å². The Labute approximate surface area is 130 Å². The highest BCUT2D eigenvalue weighted by Gasteiger charge is 2.30. The molecule has 1 aliphatic carbocycles. The van der Waals surface area contributed by atoms with Crippen LogP contribution >= 0.6 is 0 Å². The molecule has 0 aromatic heterocycles. The molecule has 21 heavy (non-hydrogen) atoms. The van der Waals surface area contributed by atoms with Crippen molar-refractivity contribution < 1.29 is 5.11 Å². The number of nitrogens with one attached hydrogen (secondary N) is 1. The standard InChI is InChI=1S/C19H31NO/c1-18(2,15-12-17-10-6-5-7-11-17)20-16-19(21)13-8-3-4-9-14-19/h5-7,10-11,20-21H,3-4,8-9,12-16H2,1-2H3. The molecule has 2 rings (SSSR count). The van der Waals surface area contributed by atoms with E-state index in [2.05, 4.69) is 49.5 Å². The Bertz CT molecular complexity index is 405. The van der Waals surface area contributed by atoms with Crippen molar-refractivity contribution >= 4 is 0 Å². The van der Waals surface area contributed by atoms with Crippen molar-refractivity contribution in [3.05, 3.63) is 35.9 Å². The molecule has 1 aromatic carbocycles. The minimum Gasteiger partial charge on any atom is -0.389 e. The number of rotatable bonds is 6. The van der Waals surface area contributed by atoms with E-state index in [9.17, 15) is 5.11 Å². The van der Waals surface area contributed by atoms with Crippen LogP contribution in [0.5, 0.6) is 0 Å². The lowest BCUT2D eigenvalue weighted by molar-refractivity contribution is 0.0185. The van der Waals surface area contributed by atoms with E-state index in [1.54, 1.807) is 0 Å². The van der Waals surface area contributed by atoms with Crippen LogP contribution in [0, 0.1) is 0 Å². The second-order valence-electron chi connectivity index (χ2n) is 7.36. The molecule has 0 unspecified atom stereocenters. The molecule has 1 saturated carbocycles. The minimum absolute atomic E-state index is 0.0673. The maximum absolute atomic E-state index is 10.7. The summed E-state index contributed by atoms with van der Waals surface area (Å²) in [5.74, 6) is 0. The third-order valence-electron chi connectivity index (χ3n) is 4.81. The van der Waals surface area contributed by atoms with Crippen molar-refractivity contribution in [3.8, 4) is 0 Å². The Morgan fingerprint density at radius 2 is 1.67 bits per heavy atom. The lowest BCUT2D eigenvalue weighted by atomic mass is 9.90. The van der Waals surface area contributed by atoms with Gasteiger partial charge in [0.15, 0.2) is 0 Å². The maximum atomic E-state index is 10.7. The van der Waals surface area contributed by atoms with Crippen molar-refractivity contribution in [1.82, 2.24) is 5.32 Å². The number of hydrogen-bond donors (Lipinski definition) is 2. The first-order valence-electron chi connectivity index (χ1n) is 8.51. The van der Waals surface area contributed by atoms with Gasteiger partial charge in [-0.05, 0) is 45.1 Å². The molecular weight excluding hydrogens is 258 g/mol. The topological polar surface area (TPSA) is 32.3 Å². The van der Waals surface area contributed by atoms with Crippen molar-refractivity contribution in [2.75, 3.05) is 6.54 Å². The molecule has 0 aliphatic heterocycles. The molecule has 0 bridgehead atoms. The molecule has 2 nitrogen and oxygen atoms in total. The van der Waals surface area contributed by atoms with E-state index in [0.29, 0.717) is 0 Å². The van der Waals surface area contributed by atoms with E-state index >= 15 is 0 Å². The predicted octanol–water partition coefficient (Wildman–Crippen LogP) is 4.07. The summed E-state index contributed by atoms with van der Waals surface area (Å²) in [4.78, 5) is 0. The highest BCUT2D eigenvalue weighted by Crippen LogP contribution is 2.27. The summed E-state index contributed by atoms with van der Waals surface area (Å²) in [5, 5.41) is 14.4. The van der Waals surface area contributed by atoms with Gasteiger partial charge in [-0.15, -0.1) is 0 Å². The molecule has 1 fully saturated rings. The van der Waals surface area contributed by atoms with Gasteiger partial charge in [-0.1, -0.05) is 56.0 Å². The molecule has 2 N–H and O–H groups in total. The van der Waals surface area contributed by atoms with Gasteiger partial charge in [-0.25, -0.2) is 0 Å². The fraction of sp³-hybridized carbons (Fsp3) is 0.684. The van der Waals surface area contributed by atoms with Gasteiger partial charge in [0.25, 0.3) is 0 Å². The van der Waals surface area contributed by atoms with Crippen LogP contribution in [0.25, 0.3) is 0 Å². The van der Waals surface area contributed by atoms with Gasteiger partial charge < -0.3 is 10.4 Å². The normalized spacial score (nSPS) is 19.2. The molecule has 0 saturated heterocycles. The molecule has 0 atom stereocenters. The van der Waals surface area contributed by atoms with Crippen molar-refractivity contribution in [1.29, 1.82) is 0 Å². The van der Waals surface area contributed by atoms with Crippen LogP contribution in [-0.4, -0.2) is 22.8 Å². The molecule has 1 aliphatic rings. The Balaban J connectivity index is 1.80. The molecule has 0 spiro atoms. The molecule has 0 heterocycles. The Kier molecular flexibility index (Phi) is 5.83. The lowest BCUT2D eigenvalue weighted by Crippen LogP contribution is -2.49. The minimum atomic E-state index is -0.486. The molecule has 2 heteroatoms. The summed E-state index contributed by atoms with van der Waals surface area (Å²) in [6.07, 6.45) is 8.97. The number of benzene rings is 1. The summed E-state index contributed by atoms with van der Waals surface area (Å²) in [6, 6.07) is 10.6. The fourth-order valence-electron chi connectivity index (χ4n) is 3.16. The average molecular weight is 289 g/mol. The largest absolute Gasteiger partial charge is 0.389 e. The van der Waals surface area contributed by atoms with E-state index in [4.69, 9.17) is 0 Å². The molecule has 1 aromatic rings. The summed E-state index contributed by atoms with van der Waals surface area (Å²) in [6.45, 7) is 5.22. The van der Waals surface area contributed by atoms with Crippen molar-refractivity contribution in [2.45, 2.75) is 76.4 Å². The van der Waals surface area contributed by atoms with Gasteiger partial charge in [0.1, 0.15) is 0 Å². The van der Waals surface area contributed by atoms with Crippen molar-refractivity contribution in [3.63, 3.8) is 0 Å². The lowest BCUT2D eigenvalue weighted by Gasteiger charge is -2.34. The van der Waals surface area contributed by atoms with Gasteiger partial charge in [-0.3, -0.25) is 0 Å². The summed E-state index contributed by atoms with van der Waals surface area (Å²) < 4.78 is 0. The number of aliphatic hydroxyl groups is 1. The number of aryl methyl sites for hydroxylation is 1. The van der Waals surface area contributed by atoms with E-state index in [0.717, 1.165) is 32.2 Å². The van der Waals surface area contributed by atoms with Crippen LogP contribution in [0.4, 0.5) is 0 Å². The van der Waals surface area contributed by atoms with E-state index in [-0.39, 0.29) is 5.54 Å². The summed E-state index contributed by atoms with van der Waals surface area (Å²) in [5.41, 5.74) is 0.971. The first kappa shape index (κ1) is 16.5. The third-order valence-corrected chi connectivity index (χ3v) is 4.81. The summed E-state index contributed by atoms with van der Waals surface area (Å²) in [7, 11) is 0. The smallest absolute Gasteiger partial charge is 0.0771 e. The van der Waals surface area contributed by atoms with Gasteiger partial charge in [-0.2, -0.15) is 0 Å². The average Bonchev–Trinajstić information content (AvgIpc) is 2.70. The predicted molar refractivity (Wildman–Crippen MR) is 89.5 cm³/mol. The van der Waals surface area contributed by atoms with Crippen LogP contribution in [0.1, 0.15) is 64.4 Å². The van der Waals surface area contributed by atoms with E-state index in [1.165, 1.54) is 31.2 Å². The zero-order chi connectivity index (χ0) is 15.2. The monoisotopic (exact) mass is 289 g/mol. The van der Waals surface area contributed by atoms with Crippen LogP contribution < -0.4 is 5.32 Å². The van der Waals surface area contributed by atoms with Crippen LogP contribution in [0.3, 0.4) is 0 Å². The molecule has 0 radical (unpaired) electrons. The molecule has 0 amide bonds. The zero-order valence-corrected chi connectivity index (χ0v) is 13.7. The Hall–Kier alpha value is -0.860. The Morgan fingerprint density at radius 3 is 2.29 bits per heavy atom. The number of hydrogen-bond acceptors (Lipinski definition) is 2. The van der Waals surface area contributed by atoms with Gasteiger partial charge >= 0.3 is 0 Å². The summed E-state index contributed by atoms with van der Waals surface area (Å²) >= 11 is 0. The maximum Gasteiger partial charge on any atom is 0.0771 e. The fourth-order valence-corrected chi connectivity index (χ4v) is 3.16. The van der Waals surface area contributed by atoms with Crippen LogP contribution in [-0.2, 0) is 6.42 Å². The van der Waals surface area contributed by atoms with Gasteiger partial charge in [0, 0.05) is 12.1 Å². The Morgan fingerprint density at radius 1 is 1.05 bits per heavy atom. The SMILES string of the molecule is CC(C)(CCc1ccccc1)NCC1(O)CCCCCC1. The highest BCUT2D eigenvalue weighted by molar-refractivity contribution is 5.15. The zero-order valence-electron chi connectivity index (χ0n) is 13.7. The van der Waals surface area contributed by atoms with Crippen LogP contribution in [0.15, 0.2) is 30.3 Å². The third kappa shape index (κ3) is 5.80. The second-order valence-corrected chi connectivity index (χ2v) is 7.36. The first-order chi connectivity index (χ1) is 9.99. The quantitative estimate of drug-likeness (QED) is 0.774. The molecule has 118 valence electrons. The van der Waals surface area contributed by atoms with Crippen LogP contribution in [0.2, 0.25) is 0 Å².